The van der Waals surface area contributed by atoms with Gasteiger partial charge in [0.05, 0.1) is 6.42 Å². The Morgan fingerprint density at radius 1 is 0.958 bits per heavy atom. The molecular weight excluding hydrogens is 296 g/mol. The average Bonchev–Trinajstić information content (AvgIpc) is 2.57. The van der Waals surface area contributed by atoms with Crippen molar-refractivity contribution in [3.8, 4) is 0 Å². The molecule has 1 saturated carbocycles. The lowest BCUT2D eigenvalue weighted by molar-refractivity contribution is -0.695. The fraction of sp³-hybridized carbons (Fsp3) is 0.714. The minimum absolute atomic E-state index is 0.208. The number of pyridine rings is 1. The molecule has 1 aromatic heterocycles. The summed E-state index contributed by atoms with van der Waals surface area (Å²) in [6.45, 7) is 2.85. The molecule has 0 spiro atoms. The third-order valence-electron chi connectivity index (χ3n) is 5.13. The number of nitrogens with zero attached hydrogens (tertiary/aromatic N) is 1. The maximum absolute atomic E-state index is 12.3. The number of carbonyl (C=O) groups is 1. The van der Waals surface area contributed by atoms with Crippen molar-refractivity contribution in [3.63, 3.8) is 0 Å². The highest BCUT2D eigenvalue weighted by molar-refractivity contribution is 5.75. The highest BCUT2D eigenvalue weighted by atomic mass is 16.1. The van der Waals surface area contributed by atoms with Crippen molar-refractivity contribution >= 4 is 5.91 Å². The number of hydrogen-bond donors (Lipinski definition) is 1. The summed E-state index contributed by atoms with van der Waals surface area (Å²) >= 11 is 0. The number of carbonyl (C=O) groups excluding carboxylic acids is 1. The molecule has 0 atom stereocenters. The van der Waals surface area contributed by atoms with Crippen LogP contribution in [0.2, 0.25) is 0 Å². The van der Waals surface area contributed by atoms with Gasteiger partial charge in [0, 0.05) is 18.2 Å². The molecule has 0 aliphatic heterocycles. The fourth-order valence-electron chi connectivity index (χ4n) is 3.52. The molecule has 3 heteroatoms. The van der Waals surface area contributed by atoms with Gasteiger partial charge in [0.2, 0.25) is 5.91 Å². The van der Waals surface area contributed by atoms with Crippen molar-refractivity contribution in [2.75, 3.05) is 0 Å². The summed E-state index contributed by atoms with van der Waals surface area (Å²) in [5, 5.41) is 3.30. The predicted molar refractivity (Wildman–Crippen MR) is 98.7 cm³/mol. The van der Waals surface area contributed by atoms with Gasteiger partial charge in [-0.1, -0.05) is 57.8 Å². The second kappa shape index (κ2) is 11.2. The van der Waals surface area contributed by atoms with Crippen LogP contribution in [-0.4, -0.2) is 11.9 Å². The molecule has 0 bridgehead atoms. The molecule has 1 fully saturated rings. The van der Waals surface area contributed by atoms with Crippen molar-refractivity contribution in [2.45, 2.75) is 96.6 Å². The number of aromatic nitrogens is 1. The van der Waals surface area contributed by atoms with Crippen LogP contribution in [0.3, 0.4) is 0 Å². The Bertz CT molecular complexity index is 457. The zero-order valence-corrected chi connectivity index (χ0v) is 15.4. The van der Waals surface area contributed by atoms with Gasteiger partial charge in [-0.2, -0.15) is 0 Å². The van der Waals surface area contributed by atoms with E-state index in [0.717, 1.165) is 19.4 Å². The molecule has 1 amide bonds. The molecular formula is C21H35N2O+. The van der Waals surface area contributed by atoms with Crippen molar-refractivity contribution in [2.24, 2.45) is 0 Å². The second-order valence-electron chi connectivity index (χ2n) is 7.39. The van der Waals surface area contributed by atoms with E-state index in [-0.39, 0.29) is 5.91 Å². The Kier molecular flexibility index (Phi) is 8.86. The van der Waals surface area contributed by atoms with E-state index >= 15 is 0 Å². The predicted octanol–water partition coefficient (Wildman–Crippen LogP) is 4.46. The molecule has 24 heavy (non-hydrogen) atoms. The van der Waals surface area contributed by atoms with Crippen molar-refractivity contribution < 1.29 is 9.36 Å². The van der Waals surface area contributed by atoms with Crippen molar-refractivity contribution in [3.05, 3.63) is 30.1 Å². The Labute approximate surface area is 147 Å². The van der Waals surface area contributed by atoms with Gasteiger partial charge < -0.3 is 5.32 Å². The minimum Gasteiger partial charge on any atom is -0.353 e. The van der Waals surface area contributed by atoms with Gasteiger partial charge in [-0.25, -0.2) is 4.57 Å². The molecule has 1 aliphatic rings. The van der Waals surface area contributed by atoms with Crippen LogP contribution >= 0.6 is 0 Å². The monoisotopic (exact) mass is 331 g/mol. The molecule has 1 aliphatic carbocycles. The first-order chi connectivity index (χ1) is 11.7. The van der Waals surface area contributed by atoms with Crippen LogP contribution in [0.5, 0.6) is 0 Å². The van der Waals surface area contributed by atoms with E-state index in [1.54, 1.807) is 0 Å². The smallest absolute Gasteiger partial charge is 0.226 e. The summed E-state index contributed by atoms with van der Waals surface area (Å²) in [4.78, 5) is 12.3. The summed E-state index contributed by atoms with van der Waals surface area (Å²) in [5.41, 5.74) is 1.25. The lowest BCUT2D eigenvalue weighted by atomic mass is 9.98. The number of aryl methyl sites for hydroxylation is 2. The molecule has 1 aromatic rings. The number of nitrogens with one attached hydrogen (secondary N) is 1. The number of hydrogen-bond acceptors (Lipinski definition) is 1. The van der Waals surface area contributed by atoms with Gasteiger partial charge in [0.1, 0.15) is 0 Å². The van der Waals surface area contributed by atoms with E-state index in [0.29, 0.717) is 12.5 Å². The standard InChI is InChI=1S/C21H34N2O/c1-19-13-16-23(17-14-19)18-15-21(24)22-20-11-9-7-5-3-2-4-6-8-10-12-20/h13-14,16-17,20H,2-12,15,18H2,1H3/p+1. The third kappa shape index (κ3) is 7.94. The average molecular weight is 332 g/mol. The van der Waals surface area contributed by atoms with Gasteiger partial charge in [0.25, 0.3) is 0 Å². The zero-order valence-electron chi connectivity index (χ0n) is 15.4. The Morgan fingerprint density at radius 2 is 1.46 bits per heavy atom. The molecule has 134 valence electrons. The van der Waals surface area contributed by atoms with Crippen LogP contribution in [0, 0.1) is 6.92 Å². The minimum atomic E-state index is 0.208. The molecule has 0 aromatic carbocycles. The quantitative estimate of drug-likeness (QED) is 0.812. The zero-order chi connectivity index (χ0) is 17.0. The molecule has 0 saturated heterocycles. The molecule has 1 heterocycles. The van der Waals surface area contributed by atoms with E-state index in [1.807, 2.05) is 0 Å². The summed E-state index contributed by atoms with van der Waals surface area (Å²) in [5.74, 6) is 0.208. The Morgan fingerprint density at radius 3 is 2.00 bits per heavy atom. The van der Waals surface area contributed by atoms with Crippen LogP contribution < -0.4 is 9.88 Å². The summed E-state index contributed by atoms with van der Waals surface area (Å²) in [6, 6.07) is 4.56. The highest BCUT2D eigenvalue weighted by Crippen LogP contribution is 2.17. The maximum Gasteiger partial charge on any atom is 0.226 e. The summed E-state index contributed by atoms with van der Waals surface area (Å²) in [6.07, 6.45) is 19.1. The van der Waals surface area contributed by atoms with E-state index < -0.39 is 0 Å². The normalized spacial score (nSPS) is 18.4. The van der Waals surface area contributed by atoms with Crippen LogP contribution in [0.15, 0.2) is 24.5 Å². The van der Waals surface area contributed by atoms with Gasteiger partial charge in [0.15, 0.2) is 18.9 Å². The van der Waals surface area contributed by atoms with E-state index in [4.69, 9.17) is 0 Å². The first-order valence-electron chi connectivity index (χ1n) is 9.99. The highest BCUT2D eigenvalue weighted by Gasteiger charge is 2.14. The Balaban J connectivity index is 1.73. The number of amides is 1. The molecule has 3 nitrogen and oxygen atoms in total. The second-order valence-corrected chi connectivity index (χ2v) is 7.39. The fourth-order valence-corrected chi connectivity index (χ4v) is 3.52. The first kappa shape index (κ1) is 19.0. The summed E-state index contributed by atoms with van der Waals surface area (Å²) < 4.78 is 2.09. The Hall–Kier alpha value is -1.38. The van der Waals surface area contributed by atoms with E-state index in [1.165, 1.54) is 63.4 Å². The van der Waals surface area contributed by atoms with Crippen LogP contribution in [-0.2, 0) is 11.3 Å². The molecule has 0 radical (unpaired) electrons. The van der Waals surface area contributed by atoms with E-state index in [2.05, 4.69) is 41.3 Å². The van der Waals surface area contributed by atoms with Gasteiger partial charge in [-0.05, 0) is 25.3 Å². The van der Waals surface area contributed by atoms with Gasteiger partial charge in [-0.3, -0.25) is 4.79 Å². The third-order valence-corrected chi connectivity index (χ3v) is 5.13. The summed E-state index contributed by atoms with van der Waals surface area (Å²) in [7, 11) is 0. The first-order valence-corrected chi connectivity index (χ1v) is 9.99. The van der Waals surface area contributed by atoms with E-state index in [9.17, 15) is 4.79 Å². The van der Waals surface area contributed by atoms with Gasteiger partial charge >= 0.3 is 0 Å². The maximum atomic E-state index is 12.3. The van der Waals surface area contributed by atoms with Crippen LogP contribution in [0.25, 0.3) is 0 Å². The SMILES string of the molecule is Cc1cc[n+](CCC(=O)NC2CCCCCCCCCCC2)cc1. The molecule has 2 rings (SSSR count). The van der Waals surface area contributed by atoms with Crippen molar-refractivity contribution in [1.82, 2.24) is 5.32 Å². The van der Waals surface area contributed by atoms with Gasteiger partial charge in [-0.15, -0.1) is 0 Å². The lowest BCUT2D eigenvalue weighted by Gasteiger charge is -2.19. The number of rotatable bonds is 4. The van der Waals surface area contributed by atoms with Crippen molar-refractivity contribution in [1.29, 1.82) is 0 Å². The largest absolute Gasteiger partial charge is 0.353 e. The van der Waals surface area contributed by atoms with Crippen LogP contribution in [0.1, 0.15) is 82.6 Å². The topological polar surface area (TPSA) is 33.0 Å². The lowest BCUT2D eigenvalue weighted by Crippen LogP contribution is -2.39. The molecule has 1 N–H and O–H groups in total. The molecule has 0 unspecified atom stereocenters. The van der Waals surface area contributed by atoms with Crippen LogP contribution in [0.4, 0.5) is 0 Å².